The Kier molecular flexibility index (Phi) is 5.26. The van der Waals surface area contributed by atoms with Gasteiger partial charge in [-0.2, -0.15) is 0 Å². The topological polar surface area (TPSA) is 38.5 Å². The number of hydrogen-bond donors (Lipinski definition) is 1. The fourth-order valence-electron chi connectivity index (χ4n) is 2.14. The van der Waals surface area contributed by atoms with Gasteiger partial charge in [-0.3, -0.25) is 0 Å². The van der Waals surface area contributed by atoms with Crippen LogP contribution in [0.4, 0.5) is 5.69 Å². The first-order valence-corrected chi connectivity index (χ1v) is 7.72. The molecule has 2 atom stereocenters. The number of hydrogen-bond acceptors (Lipinski definition) is 3. The Morgan fingerprint density at radius 3 is 2.43 bits per heavy atom. The summed E-state index contributed by atoms with van der Waals surface area (Å²) in [6.45, 7) is 1.96. The lowest BCUT2D eigenvalue weighted by Crippen LogP contribution is -2.29. The van der Waals surface area contributed by atoms with Crippen molar-refractivity contribution in [2.75, 3.05) is 19.0 Å². The lowest BCUT2D eigenvalue weighted by Gasteiger charge is -2.24. The molecule has 0 aliphatic carbocycles. The van der Waals surface area contributed by atoms with Gasteiger partial charge in [0.25, 0.3) is 0 Å². The van der Waals surface area contributed by atoms with Crippen LogP contribution in [0.25, 0.3) is 0 Å². The van der Waals surface area contributed by atoms with E-state index in [4.69, 9.17) is 10.5 Å². The molecule has 2 aromatic rings. The average Bonchev–Trinajstić information content (AvgIpc) is 2.44. The van der Waals surface area contributed by atoms with E-state index in [1.54, 1.807) is 0 Å². The van der Waals surface area contributed by atoms with Crippen LogP contribution in [0.15, 0.2) is 53.0 Å². The minimum atomic E-state index is -0.181. The zero-order valence-corrected chi connectivity index (χ0v) is 14.2. The van der Waals surface area contributed by atoms with Gasteiger partial charge in [0.2, 0.25) is 0 Å². The van der Waals surface area contributed by atoms with E-state index in [9.17, 15) is 0 Å². The van der Waals surface area contributed by atoms with Crippen LogP contribution >= 0.6 is 15.9 Å². The number of ether oxygens (including phenoxy) is 1. The molecule has 0 amide bonds. The van der Waals surface area contributed by atoms with Crippen LogP contribution in [0.3, 0.4) is 0 Å². The number of nitrogens with two attached hydrogens (primary N) is 1. The molecule has 0 saturated heterocycles. The molecule has 3 nitrogen and oxygen atoms in total. The lowest BCUT2D eigenvalue weighted by molar-refractivity contribution is 0.180. The standard InChI is InChI=1S/C17H21BrN2O/c1-12(19)17(13-6-4-7-14(18)10-13)21-16-9-5-8-15(11-16)20(2)3/h4-12,17H,19H2,1-3H3. The van der Waals surface area contributed by atoms with Crippen LogP contribution in [0, 0.1) is 0 Å². The van der Waals surface area contributed by atoms with Gasteiger partial charge < -0.3 is 15.4 Å². The van der Waals surface area contributed by atoms with Crippen molar-refractivity contribution in [2.24, 2.45) is 5.73 Å². The average molecular weight is 349 g/mol. The van der Waals surface area contributed by atoms with E-state index >= 15 is 0 Å². The van der Waals surface area contributed by atoms with E-state index in [0.29, 0.717) is 0 Å². The van der Waals surface area contributed by atoms with Gasteiger partial charge in [-0.05, 0) is 36.8 Å². The van der Waals surface area contributed by atoms with Crippen LogP contribution in [-0.2, 0) is 0 Å². The second-order valence-electron chi connectivity index (χ2n) is 5.34. The highest BCUT2D eigenvalue weighted by atomic mass is 79.9. The van der Waals surface area contributed by atoms with Gasteiger partial charge in [-0.1, -0.05) is 34.1 Å². The fourth-order valence-corrected chi connectivity index (χ4v) is 2.56. The molecule has 112 valence electrons. The van der Waals surface area contributed by atoms with Crippen molar-refractivity contribution in [1.29, 1.82) is 0 Å². The normalized spacial score (nSPS) is 13.6. The third kappa shape index (κ3) is 4.22. The van der Waals surface area contributed by atoms with Crippen LogP contribution in [0.5, 0.6) is 5.75 Å². The predicted molar refractivity (Wildman–Crippen MR) is 91.9 cm³/mol. The summed E-state index contributed by atoms with van der Waals surface area (Å²) in [5.41, 5.74) is 8.28. The molecule has 2 rings (SSSR count). The van der Waals surface area contributed by atoms with Crippen molar-refractivity contribution < 1.29 is 4.74 Å². The minimum Gasteiger partial charge on any atom is -0.484 e. The predicted octanol–water partition coefficient (Wildman–Crippen LogP) is 3.98. The van der Waals surface area contributed by atoms with Gasteiger partial charge in [0, 0.05) is 36.4 Å². The van der Waals surface area contributed by atoms with E-state index in [1.165, 1.54) is 0 Å². The Morgan fingerprint density at radius 2 is 1.81 bits per heavy atom. The summed E-state index contributed by atoms with van der Waals surface area (Å²) in [5.74, 6) is 0.823. The first-order valence-electron chi connectivity index (χ1n) is 6.92. The van der Waals surface area contributed by atoms with E-state index in [2.05, 4.69) is 15.9 Å². The lowest BCUT2D eigenvalue weighted by atomic mass is 10.0. The van der Waals surface area contributed by atoms with Crippen LogP contribution < -0.4 is 15.4 Å². The first kappa shape index (κ1) is 15.9. The number of halogens is 1. The van der Waals surface area contributed by atoms with Gasteiger partial charge in [0.15, 0.2) is 0 Å². The van der Waals surface area contributed by atoms with Crippen LogP contribution in [-0.4, -0.2) is 20.1 Å². The second kappa shape index (κ2) is 6.96. The maximum atomic E-state index is 6.14. The molecular formula is C17H21BrN2O. The molecule has 0 aliphatic rings. The summed E-state index contributed by atoms with van der Waals surface area (Å²) in [4.78, 5) is 2.05. The maximum absolute atomic E-state index is 6.14. The Hall–Kier alpha value is -1.52. The van der Waals surface area contributed by atoms with Crippen molar-refractivity contribution in [3.63, 3.8) is 0 Å². The number of nitrogens with zero attached hydrogens (tertiary/aromatic N) is 1. The molecule has 0 aliphatic heterocycles. The molecule has 0 aromatic heterocycles. The Balaban J connectivity index is 2.26. The smallest absolute Gasteiger partial charge is 0.138 e. The molecule has 0 bridgehead atoms. The SMILES string of the molecule is CC(N)C(Oc1cccc(N(C)C)c1)c1cccc(Br)c1. The van der Waals surface area contributed by atoms with E-state index in [0.717, 1.165) is 21.5 Å². The van der Waals surface area contributed by atoms with Crippen LogP contribution in [0.2, 0.25) is 0 Å². The molecule has 4 heteroatoms. The van der Waals surface area contributed by atoms with Crippen molar-refractivity contribution in [1.82, 2.24) is 0 Å². The summed E-state index contributed by atoms with van der Waals surface area (Å²) >= 11 is 3.49. The Morgan fingerprint density at radius 1 is 1.10 bits per heavy atom. The van der Waals surface area contributed by atoms with Crippen molar-refractivity contribution >= 4 is 21.6 Å². The molecule has 0 fully saturated rings. The third-order valence-electron chi connectivity index (χ3n) is 3.25. The fraction of sp³-hybridized carbons (Fsp3) is 0.294. The third-order valence-corrected chi connectivity index (χ3v) is 3.75. The van der Waals surface area contributed by atoms with E-state index in [1.807, 2.05) is 74.4 Å². The summed E-state index contributed by atoms with van der Waals surface area (Å²) in [7, 11) is 4.02. The minimum absolute atomic E-state index is 0.109. The van der Waals surface area contributed by atoms with Gasteiger partial charge >= 0.3 is 0 Å². The highest BCUT2D eigenvalue weighted by Gasteiger charge is 2.18. The molecule has 0 saturated carbocycles. The molecule has 0 spiro atoms. The molecule has 2 aromatic carbocycles. The Bertz CT molecular complexity index is 599. The second-order valence-corrected chi connectivity index (χ2v) is 6.26. The number of rotatable bonds is 5. The largest absolute Gasteiger partial charge is 0.484 e. The van der Waals surface area contributed by atoms with Crippen molar-refractivity contribution in [2.45, 2.75) is 19.1 Å². The Labute approximate surface area is 134 Å². The molecule has 2 unspecified atom stereocenters. The molecule has 0 heterocycles. The zero-order valence-electron chi connectivity index (χ0n) is 12.6. The first-order chi connectivity index (χ1) is 9.97. The zero-order chi connectivity index (χ0) is 15.4. The maximum Gasteiger partial charge on any atom is 0.138 e. The summed E-state index contributed by atoms with van der Waals surface area (Å²) in [5, 5.41) is 0. The van der Waals surface area contributed by atoms with Crippen molar-refractivity contribution in [3.8, 4) is 5.75 Å². The summed E-state index contributed by atoms with van der Waals surface area (Å²) in [6, 6.07) is 16.0. The molecule has 21 heavy (non-hydrogen) atoms. The molecule has 2 N–H and O–H groups in total. The summed E-state index contributed by atoms with van der Waals surface area (Å²) < 4.78 is 7.16. The number of benzene rings is 2. The van der Waals surface area contributed by atoms with Gasteiger partial charge in [-0.15, -0.1) is 0 Å². The molecular weight excluding hydrogens is 328 g/mol. The van der Waals surface area contributed by atoms with E-state index in [-0.39, 0.29) is 12.1 Å². The monoisotopic (exact) mass is 348 g/mol. The van der Waals surface area contributed by atoms with Crippen molar-refractivity contribution in [3.05, 3.63) is 58.6 Å². The van der Waals surface area contributed by atoms with Gasteiger partial charge in [-0.25, -0.2) is 0 Å². The molecule has 0 radical (unpaired) electrons. The quantitative estimate of drug-likeness (QED) is 0.887. The number of anilines is 1. The highest BCUT2D eigenvalue weighted by molar-refractivity contribution is 9.10. The highest BCUT2D eigenvalue weighted by Crippen LogP contribution is 2.28. The summed E-state index contributed by atoms with van der Waals surface area (Å²) in [6.07, 6.45) is -0.181. The van der Waals surface area contributed by atoms with Gasteiger partial charge in [0.1, 0.15) is 11.9 Å². The van der Waals surface area contributed by atoms with Gasteiger partial charge in [0.05, 0.1) is 0 Å². The van der Waals surface area contributed by atoms with Crippen LogP contribution in [0.1, 0.15) is 18.6 Å². The van der Waals surface area contributed by atoms with E-state index < -0.39 is 0 Å².